The van der Waals surface area contributed by atoms with Crippen LogP contribution in [0.4, 0.5) is 0 Å². The molecule has 0 aromatic heterocycles. The van der Waals surface area contributed by atoms with E-state index in [0.717, 1.165) is 25.8 Å². The zero-order chi connectivity index (χ0) is 8.39. The lowest BCUT2D eigenvalue weighted by Crippen LogP contribution is -2.55. The Hall–Kier alpha value is -0.120. The maximum atomic E-state index is 5.40. The van der Waals surface area contributed by atoms with Crippen molar-refractivity contribution in [1.82, 2.24) is 10.2 Å². The number of nitrogens with one attached hydrogen (secondary N) is 1. The second-order valence-electron chi connectivity index (χ2n) is 3.86. The number of ether oxygens (including phenoxy) is 1. The van der Waals surface area contributed by atoms with Crippen LogP contribution < -0.4 is 5.32 Å². The van der Waals surface area contributed by atoms with Crippen LogP contribution in [0.15, 0.2) is 0 Å². The third-order valence-electron chi connectivity index (χ3n) is 2.91. The highest BCUT2D eigenvalue weighted by atomic mass is 16.5. The van der Waals surface area contributed by atoms with Crippen molar-refractivity contribution in [3.05, 3.63) is 0 Å². The topological polar surface area (TPSA) is 24.5 Å². The Bertz CT molecular complexity index is 145. The average molecular weight is 170 g/mol. The Morgan fingerprint density at radius 2 is 2.50 bits per heavy atom. The molecule has 0 radical (unpaired) electrons. The summed E-state index contributed by atoms with van der Waals surface area (Å²) in [5.74, 6) is 0. The van der Waals surface area contributed by atoms with E-state index in [1.807, 2.05) is 0 Å². The fourth-order valence-electron chi connectivity index (χ4n) is 1.86. The maximum Gasteiger partial charge on any atom is 0.0632 e. The second kappa shape index (κ2) is 3.73. The summed E-state index contributed by atoms with van der Waals surface area (Å²) in [6.45, 7) is 7.54. The Balaban J connectivity index is 1.70. The van der Waals surface area contributed by atoms with E-state index in [2.05, 4.69) is 17.1 Å². The van der Waals surface area contributed by atoms with Crippen LogP contribution in [0.5, 0.6) is 0 Å². The van der Waals surface area contributed by atoms with Crippen LogP contribution in [0.3, 0.4) is 0 Å². The monoisotopic (exact) mass is 170 g/mol. The minimum absolute atomic E-state index is 0.571. The molecule has 0 aromatic rings. The van der Waals surface area contributed by atoms with E-state index >= 15 is 0 Å². The van der Waals surface area contributed by atoms with E-state index in [0.29, 0.717) is 6.04 Å². The summed E-state index contributed by atoms with van der Waals surface area (Å²) in [5.41, 5.74) is 0. The minimum atomic E-state index is 0.571. The number of morpholine rings is 1. The van der Waals surface area contributed by atoms with Gasteiger partial charge in [-0.1, -0.05) is 0 Å². The summed E-state index contributed by atoms with van der Waals surface area (Å²) >= 11 is 0. The van der Waals surface area contributed by atoms with Crippen LogP contribution >= 0.6 is 0 Å². The van der Waals surface area contributed by atoms with Crippen LogP contribution in [-0.2, 0) is 4.74 Å². The zero-order valence-corrected chi connectivity index (χ0v) is 7.75. The van der Waals surface area contributed by atoms with Crippen LogP contribution in [0.1, 0.15) is 13.3 Å². The lowest BCUT2D eigenvalue weighted by molar-refractivity contribution is 0.0320. The van der Waals surface area contributed by atoms with Gasteiger partial charge in [-0.05, 0) is 19.9 Å². The molecule has 3 heteroatoms. The van der Waals surface area contributed by atoms with Gasteiger partial charge in [0, 0.05) is 25.2 Å². The summed E-state index contributed by atoms with van der Waals surface area (Å²) < 4.78 is 5.40. The molecule has 0 aliphatic carbocycles. The molecule has 0 bridgehead atoms. The summed E-state index contributed by atoms with van der Waals surface area (Å²) in [6, 6.07) is 1.37. The number of hydrogen-bond donors (Lipinski definition) is 1. The van der Waals surface area contributed by atoms with E-state index in [4.69, 9.17) is 4.74 Å². The Morgan fingerprint density at radius 1 is 1.58 bits per heavy atom. The first-order valence-electron chi connectivity index (χ1n) is 4.91. The molecule has 2 unspecified atom stereocenters. The molecule has 0 amide bonds. The molecule has 2 aliphatic heterocycles. The molecule has 2 heterocycles. The maximum absolute atomic E-state index is 5.40. The van der Waals surface area contributed by atoms with E-state index in [9.17, 15) is 0 Å². The molecule has 2 fully saturated rings. The SMILES string of the molecule is CC1CCN1CC1COCCN1. The van der Waals surface area contributed by atoms with Crippen LogP contribution in [0.25, 0.3) is 0 Å². The Morgan fingerprint density at radius 3 is 3.00 bits per heavy atom. The predicted molar refractivity (Wildman–Crippen MR) is 48.3 cm³/mol. The van der Waals surface area contributed by atoms with Crippen molar-refractivity contribution in [1.29, 1.82) is 0 Å². The first kappa shape index (κ1) is 8.48. The van der Waals surface area contributed by atoms with Crippen molar-refractivity contribution in [2.75, 3.05) is 32.8 Å². The molecular formula is C9H18N2O. The van der Waals surface area contributed by atoms with Gasteiger partial charge in [0.15, 0.2) is 0 Å². The summed E-state index contributed by atoms with van der Waals surface area (Å²) in [4.78, 5) is 2.52. The second-order valence-corrected chi connectivity index (χ2v) is 3.86. The van der Waals surface area contributed by atoms with Gasteiger partial charge >= 0.3 is 0 Å². The third kappa shape index (κ3) is 1.79. The molecule has 12 heavy (non-hydrogen) atoms. The number of likely N-dealkylation sites (tertiary alicyclic amines) is 1. The minimum Gasteiger partial charge on any atom is -0.378 e. The number of hydrogen-bond acceptors (Lipinski definition) is 3. The summed E-state index contributed by atoms with van der Waals surface area (Å²) in [5, 5.41) is 3.47. The molecule has 2 aliphatic rings. The molecule has 0 saturated carbocycles. The van der Waals surface area contributed by atoms with E-state index in [1.54, 1.807) is 0 Å². The van der Waals surface area contributed by atoms with Gasteiger partial charge in [-0.3, -0.25) is 4.90 Å². The lowest BCUT2D eigenvalue weighted by Gasteiger charge is -2.41. The van der Waals surface area contributed by atoms with Crippen LogP contribution in [0.2, 0.25) is 0 Å². The van der Waals surface area contributed by atoms with E-state index in [-0.39, 0.29) is 0 Å². The van der Waals surface area contributed by atoms with Gasteiger partial charge in [0.2, 0.25) is 0 Å². The van der Waals surface area contributed by atoms with Gasteiger partial charge in [-0.2, -0.15) is 0 Å². The number of rotatable bonds is 2. The number of nitrogens with zero attached hydrogens (tertiary/aromatic N) is 1. The first-order chi connectivity index (χ1) is 5.86. The molecule has 1 N–H and O–H groups in total. The molecular weight excluding hydrogens is 152 g/mol. The van der Waals surface area contributed by atoms with Crippen molar-refractivity contribution in [2.24, 2.45) is 0 Å². The molecule has 3 nitrogen and oxygen atoms in total. The Labute approximate surface area is 74.1 Å². The third-order valence-corrected chi connectivity index (χ3v) is 2.91. The van der Waals surface area contributed by atoms with Gasteiger partial charge in [-0.15, -0.1) is 0 Å². The van der Waals surface area contributed by atoms with Gasteiger partial charge < -0.3 is 10.1 Å². The Kier molecular flexibility index (Phi) is 2.63. The quantitative estimate of drug-likeness (QED) is 0.634. The lowest BCUT2D eigenvalue weighted by atomic mass is 10.0. The largest absolute Gasteiger partial charge is 0.378 e. The fourth-order valence-corrected chi connectivity index (χ4v) is 1.86. The van der Waals surface area contributed by atoms with Crippen LogP contribution in [0, 0.1) is 0 Å². The average Bonchev–Trinajstić information content (AvgIpc) is 2.14. The standard InChI is InChI=1S/C9H18N2O/c1-8-2-4-11(8)6-9-7-12-5-3-10-9/h8-10H,2-7H2,1H3. The highest BCUT2D eigenvalue weighted by molar-refractivity contribution is 4.83. The summed E-state index contributed by atoms with van der Waals surface area (Å²) in [7, 11) is 0. The van der Waals surface area contributed by atoms with E-state index in [1.165, 1.54) is 19.5 Å². The predicted octanol–water partition coefficient (Wildman–Crippen LogP) is 0.0690. The molecule has 0 spiro atoms. The molecule has 0 aromatic carbocycles. The van der Waals surface area contributed by atoms with Gasteiger partial charge in [0.1, 0.15) is 0 Å². The first-order valence-corrected chi connectivity index (χ1v) is 4.91. The molecule has 2 atom stereocenters. The van der Waals surface area contributed by atoms with Gasteiger partial charge in [0.05, 0.1) is 13.2 Å². The smallest absolute Gasteiger partial charge is 0.0632 e. The highest BCUT2D eigenvalue weighted by Gasteiger charge is 2.26. The van der Waals surface area contributed by atoms with Crippen molar-refractivity contribution >= 4 is 0 Å². The normalized spacial score (nSPS) is 37.8. The zero-order valence-electron chi connectivity index (χ0n) is 7.75. The van der Waals surface area contributed by atoms with Crippen molar-refractivity contribution in [3.8, 4) is 0 Å². The highest BCUT2D eigenvalue weighted by Crippen LogP contribution is 2.16. The fraction of sp³-hybridized carbons (Fsp3) is 1.00. The van der Waals surface area contributed by atoms with Crippen molar-refractivity contribution in [3.63, 3.8) is 0 Å². The van der Waals surface area contributed by atoms with E-state index < -0.39 is 0 Å². The van der Waals surface area contributed by atoms with Crippen molar-refractivity contribution in [2.45, 2.75) is 25.4 Å². The summed E-state index contributed by atoms with van der Waals surface area (Å²) in [6.07, 6.45) is 1.37. The molecule has 2 saturated heterocycles. The van der Waals surface area contributed by atoms with Gasteiger partial charge in [-0.25, -0.2) is 0 Å². The van der Waals surface area contributed by atoms with Crippen molar-refractivity contribution < 1.29 is 4.74 Å². The van der Waals surface area contributed by atoms with Crippen LogP contribution in [-0.4, -0.2) is 49.8 Å². The van der Waals surface area contributed by atoms with Gasteiger partial charge in [0.25, 0.3) is 0 Å². The molecule has 2 rings (SSSR count). The molecule has 70 valence electrons.